The van der Waals surface area contributed by atoms with E-state index < -0.39 is 0 Å². The van der Waals surface area contributed by atoms with E-state index in [1.54, 1.807) is 7.11 Å². The predicted molar refractivity (Wildman–Crippen MR) is 123 cm³/mol. The van der Waals surface area contributed by atoms with Crippen LogP contribution in [0.5, 0.6) is 5.75 Å². The van der Waals surface area contributed by atoms with Crippen molar-refractivity contribution in [3.05, 3.63) is 58.6 Å². The number of carbonyl (C=O) groups is 1. The number of ether oxygens (including phenoxy) is 1. The fourth-order valence-corrected chi connectivity index (χ4v) is 3.76. The highest BCUT2D eigenvalue weighted by Crippen LogP contribution is 2.25. The number of hydrogen-bond donors (Lipinski definition) is 1. The zero-order valence-electron chi connectivity index (χ0n) is 16.9. The van der Waals surface area contributed by atoms with Gasteiger partial charge in [0.05, 0.1) is 18.6 Å². The maximum Gasteiger partial charge on any atom is 0.250 e. The highest BCUT2D eigenvalue weighted by Gasteiger charge is 2.14. The van der Waals surface area contributed by atoms with Crippen molar-refractivity contribution in [1.29, 1.82) is 0 Å². The topological polar surface area (TPSA) is 81.4 Å². The quantitative estimate of drug-likeness (QED) is 0.289. The summed E-state index contributed by atoms with van der Waals surface area (Å²) in [5, 5.41) is 13.4. The number of aromatic nitrogens is 3. The fraction of sp³-hybridized carbons (Fsp3) is 0.238. The molecule has 0 aliphatic heterocycles. The second-order valence-electron chi connectivity index (χ2n) is 6.31. The second kappa shape index (κ2) is 10.4. The molecule has 2 aromatic carbocycles. The Morgan fingerprint density at radius 1 is 1.17 bits per heavy atom. The van der Waals surface area contributed by atoms with E-state index in [2.05, 4.69) is 36.7 Å². The van der Waals surface area contributed by atoms with E-state index in [-0.39, 0.29) is 11.7 Å². The third kappa shape index (κ3) is 5.48. The lowest BCUT2D eigenvalue weighted by atomic mass is 10.1. The van der Waals surface area contributed by atoms with Gasteiger partial charge in [-0.2, -0.15) is 5.10 Å². The van der Waals surface area contributed by atoms with E-state index in [4.69, 9.17) is 4.74 Å². The van der Waals surface area contributed by atoms with Gasteiger partial charge in [-0.3, -0.25) is 4.79 Å². The molecular weight excluding hydrogens is 466 g/mol. The molecule has 7 nitrogen and oxygen atoms in total. The first kappa shape index (κ1) is 22.0. The summed E-state index contributed by atoms with van der Waals surface area (Å²) in [5.74, 6) is 1.53. The molecule has 156 valence electrons. The molecule has 3 rings (SSSR count). The number of benzene rings is 2. The SMILES string of the molecule is CCn1c(SCC(=O)N/N=C(/C)c2ccc(Br)cc2)nnc1-c1ccc(OC)cc1. The molecule has 1 amide bonds. The van der Waals surface area contributed by atoms with Gasteiger partial charge in [-0.05, 0) is 55.8 Å². The minimum absolute atomic E-state index is 0.192. The smallest absolute Gasteiger partial charge is 0.250 e. The number of thioether (sulfide) groups is 1. The van der Waals surface area contributed by atoms with Crippen molar-refractivity contribution in [2.75, 3.05) is 12.9 Å². The Morgan fingerprint density at radius 3 is 2.50 bits per heavy atom. The van der Waals surface area contributed by atoms with E-state index >= 15 is 0 Å². The number of rotatable bonds is 8. The highest BCUT2D eigenvalue weighted by molar-refractivity contribution is 9.10. The van der Waals surface area contributed by atoms with Gasteiger partial charge in [-0.1, -0.05) is 39.8 Å². The van der Waals surface area contributed by atoms with Gasteiger partial charge in [0.1, 0.15) is 5.75 Å². The van der Waals surface area contributed by atoms with Crippen LogP contribution < -0.4 is 10.2 Å². The van der Waals surface area contributed by atoms with Gasteiger partial charge in [-0.15, -0.1) is 10.2 Å². The number of halogens is 1. The van der Waals surface area contributed by atoms with Gasteiger partial charge in [-0.25, -0.2) is 5.43 Å². The molecule has 0 saturated heterocycles. The average Bonchev–Trinajstić information content (AvgIpc) is 3.19. The maximum atomic E-state index is 12.2. The van der Waals surface area contributed by atoms with Crippen molar-refractivity contribution < 1.29 is 9.53 Å². The van der Waals surface area contributed by atoms with E-state index in [0.29, 0.717) is 11.7 Å². The van der Waals surface area contributed by atoms with Crippen molar-refractivity contribution in [3.63, 3.8) is 0 Å². The van der Waals surface area contributed by atoms with Crippen LogP contribution in [0, 0.1) is 0 Å². The van der Waals surface area contributed by atoms with Crippen LogP contribution in [-0.2, 0) is 11.3 Å². The van der Waals surface area contributed by atoms with Gasteiger partial charge < -0.3 is 9.30 Å². The number of carbonyl (C=O) groups excluding carboxylic acids is 1. The van der Waals surface area contributed by atoms with Crippen molar-refractivity contribution in [1.82, 2.24) is 20.2 Å². The molecule has 1 heterocycles. The Balaban J connectivity index is 1.62. The molecule has 0 aliphatic rings. The lowest BCUT2D eigenvalue weighted by molar-refractivity contribution is -0.118. The fourth-order valence-electron chi connectivity index (χ4n) is 2.70. The minimum atomic E-state index is -0.201. The summed E-state index contributed by atoms with van der Waals surface area (Å²) in [6.07, 6.45) is 0. The molecule has 9 heteroatoms. The minimum Gasteiger partial charge on any atom is -0.497 e. The first-order valence-corrected chi connectivity index (χ1v) is 11.1. The Labute approximate surface area is 188 Å². The summed E-state index contributed by atoms with van der Waals surface area (Å²) in [5.41, 5.74) is 5.22. The molecule has 0 radical (unpaired) electrons. The van der Waals surface area contributed by atoms with E-state index in [1.165, 1.54) is 11.8 Å². The lowest BCUT2D eigenvalue weighted by Crippen LogP contribution is -2.21. The van der Waals surface area contributed by atoms with Crippen LogP contribution in [0.1, 0.15) is 19.4 Å². The van der Waals surface area contributed by atoms with E-state index in [9.17, 15) is 4.79 Å². The Kier molecular flexibility index (Phi) is 7.64. The number of hydrogen-bond acceptors (Lipinski definition) is 6. The molecule has 0 aliphatic carbocycles. The largest absolute Gasteiger partial charge is 0.497 e. The highest BCUT2D eigenvalue weighted by atomic mass is 79.9. The molecule has 3 aromatic rings. The number of nitrogens with one attached hydrogen (secondary N) is 1. The van der Waals surface area contributed by atoms with E-state index in [0.717, 1.165) is 32.9 Å². The van der Waals surface area contributed by atoms with Crippen molar-refractivity contribution in [2.24, 2.45) is 5.10 Å². The van der Waals surface area contributed by atoms with Crippen molar-refractivity contribution >= 4 is 39.3 Å². The first-order valence-electron chi connectivity index (χ1n) is 9.31. The molecule has 0 bridgehead atoms. The predicted octanol–water partition coefficient (Wildman–Crippen LogP) is 4.37. The summed E-state index contributed by atoms with van der Waals surface area (Å²) in [7, 11) is 1.63. The van der Waals surface area contributed by atoms with Crippen molar-refractivity contribution in [3.8, 4) is 17.1 Å². The molecular formula is C21H22BrN5O2S. The standard InChI is InChI=1S/C21H22BrN5O2S/c1-4-27-20(16-7-11-18(29-3)12-8-16)25-26-21(27)30-13-19(28)24-23-14(2)15-5-9-17(22)10-6-15/h5-12H,4,13H2,1-3H3,(H,24,28)/b23-14-. The zero-order chi connectivity index (χ0) is 21.5. The van der Waals surface area contributed by atoms with Crippen molar-refractivity contribution in [2.45, 2.75) is 25.5 Å². The van der Waals surface area contributed by atoms with Crippen LogP contribution in [-0.4, -0.2) is 39.2 Å². The third-order valence-corrected chi connectivity index (χ3v) is 5.82. The van der Waals surface area contributed by atoms with Crippen LogP contribution in [0.15, 0.2) is 63.3 Å². The van der Waals surface area contributed by atoms with Gasteiger partial charge in [0.25, 0.3) is 5.91 Å². The first-order chi connectivity index (χ1) is 14.5. The molecule has 0 saturated carbocycles. The van der Waals surface area contributed by atoms with Crippen LogP contribution in [0.2, 0.25) is 0 Å². The van der Waals surface area contributed by atoms with Crippen LogP contribution in [0.25, 0.3) is 11.4 Å². The zero-order valence-corrected chi connectivity index (χ0v) is 19.3. The summed E-state index contributed by atoms with van der Waals surface area (Å²) in [4.78, 5) is 12.2. The van der Waals surface area contributed by atoms with E-state index in [1.807, 2.05) is 66.9 Å². The molecule has 0 fully saturated rings. The third-order valence-electron chi connectivity index (χ3n) is 4.32. The molecule has 0 atom stereocenters. The van der Waals surface area contributed by atoms with Gasteiger partial charge in [0.15, 0.2) is 11.0 Å². The number of amides is 1. The summed E-state index contributed by atoms with van der Waals surface area (Å²) >= 11 is 4.73. The van der Waals surface area contributed by atoms with Crippen LogP contribution in [0.4, 0.5) is 0 Å². The number of hydrazone groups is 1. The number of nitrogens with zero attached hydrogens (tertiary/aromatic N) is 4. The summed E-state index contributed by atoms with van der Waals surface area (Å²) in [6, 6.07) is 15.4. The molecule has 1 N–H and O–H groups in total. The Bertz CT molecular complexity index is 1030. The average molecular weight is 488 g/mol. The second-order valence-corrected chi connectivity index (χ2v) is 8.16. The van der Waals surface area contributed by atoms with Gasteiger partial charge in [0, 0.05) is 16.6 Å². The molecule has 0 spiro atoms. The van der Waals surface area contributed by atoms with Crippen LogP contribution in [0.3, 0.4) is 0 Å². The normalized spacial score (nSPS) is 11.4. The maximum absolute atomic E-state index is 12.2. The Hall–Kier alpha value is -2.65. The van der Waals surface area contributed by atoms with Crippen LogP contribution >= 0.6 is 27.7 Å². The monoisotopic (exact) mass is 487 g/mol. The summed E-state index contributed by atoms with van der Waals surface area (Å²) < 4.78 is 8.18. The number of methoxy groups -OCH3 is 1. The van der Waals surface area contributed by atoms with Gasteiger partial charge >= 0.3 is 0 Å². The Morgan fingerprint density at radius 2 is 1.87 bits per heavy atom. The molecule has 30 heavy (non-hydrogen) atoms. The molecule has 0 unspecified atom stereocenters. The summed E-state index contributed by atoms with van der Waals surface area (Å²) in [6.45, 7) is 4.57. The molecule has 1 aromatic heterocycles. The lowest BCUT2D eigenvalue weighted by Gasteiger charge is -2.08. The van der Waals surface area contributed by atoms with Gasteiger partial charge in [0.2, 0.25) is 0 Å².